The van der Waals surface area contributed by atoms with E-state index in [0.29, 0.717) is 5.65 Å². The van der Waals surface area contributed by atoms with Crippen molar-refractivity contribution in [2.75, 3.05) is 14.1 Å². The van der Waals surface area contributed by atoms with E-state index < -0.39 is 0 Å². The number of nitrogens with zero attached hydrogens (tertiary/aromatic N) is 3. The van der Waals surface area contributed by atoms with Crippen molar-refractivity contribution < 1.29 is 0 Å². The van der Waals surface area contributed by atoms with Gasteiger partial charge in [0.1, 0.15) is 0 Å². The first-order chi connectivity index (χ1) is 11.6. The quantitative estimate of drug-likeness (QED) is 0.632. The molecule has 1 N–H and O–H groups in total. The normalized spacial score (nSPS) is 11.6. The standard InChI is InChI=1S/C19H18N4O/c1-22(2)12-13-7-9-14(10-8-13)16-11-18-20-21-19(24)23(18)17-6-4-3-5-15(16)17/h3-11H,12H2,1-2H3,(H,21,24). The zero-order chi connectivity index (χ0) is 16.7. The largest absolute Gasteiger partial charge is 0.348 e. The molecule has 4 aromatic rings. The van der Waals surface area contributed by atoms with Crippen LogP contribution in [-0.4, -0.2) is 33.6 Å². The molecule has 5 heteroatoms. The number of nitrogens with one attached hydrogen (secondary N) is 1. The number of aromatic nitrogens is 3. The Labute approximate surface area is 139 Å². The highest BCUT2D eigenvalue weighted by Crippen LogP contribution is 2.29. The number of rotatable bonds is 3. The van der Waals surface area contributed by atoms with Crippen LogP contribution < -0.4 is 5.69 Å². The summed E-state index contributed by atoms with van der Waals surface area (Å²) in [5, 5.41) is 7.70. The molecule has 0 unspecified atom stereocenters. The summed E-state index contributed by atoms with van der Waals surface area (Å²) >= 11 is 0. The predicted octanol–water partition coefficient (Wildman–Crippen LogP) is 2.90. The molecule has 0 radical (unpaired) electrons. The fourth-order valence-corrected chi connectivity index (χ4v) is 3.14. The minimum absolute atomic E-state index is 0.214. The van der Waals surface area contributed by atoms with E-state index in [-0.39, 0.29) is 5.69 Å². The summed E-state index contributed by atoms with van der Waals surface area (Å²) in [5.41, 5.74) is 4.74. The maximum absolute atomic E-state index is 12.0. The van der Waals surface area contributed by atoms with Crippen molar-refractivity contribution in [3.05, 3.63) is 70.6 Å². The van der Waals surface area contributed by atoms with Gasteiger partial charge in [-0.25, -0.2) is 14.3 Å². The van der Waals surface area contributed by atoms with Crippen molar-refractivity contribution in [3.63, 3.8) is 0 Å². The van der Waals surface area contributed by atoms with E-state index in [2.05, 4.69) is 53.5 Å². The van der Waals surface area contributed by atoms with Crippen LogP contribution in [0.2, 0.25) is 0 Å². The van der Waals surface area contributed by atoms with Gasteiger partial charge < -0.3 is 4.90 Å². The number of hydrogen-bond acceptors (Lipinski definition) is 3. The molecule has 5 nitrogen and oxygen atoms in total. The second-order valence-corrected chi connectivity index (χ2v) is 6.23. The van der Waals surface area contributed by atoms with E-state index in [9.17, 15) is 4.79 Å². The minimum Gasteiger partial charge on any atom is -0.305 e. The van der Waals surface area contributed by atoms with Crippen LogP contribution in [0.1, 0.15) is 5.56 Å². The summed E-state index contributed by atoms with van der Waals surface area (Å²) in [6.07, 6.45) is 0. The number of pyridine rings is 1. The Kier molecular flexibility index (Phi) is 3.43. The van der Waals surface area contributed by atoms with Gasteiger partial charge in [-0.1, -0.05) is 42.5 Å². The molecule has 4 rings (SSSR count). The van der Waals surface area contributed by atoms with Gasteiger partial charge in [0, 0.05) is 11.9 Å². The number of H-pyrrole nitrogens is 1. The fraction of sp³-hybridized carbons (Fsp3) is 0.158. The Morgan fingerprint density at radius 2 is 1.83 bits per heavy atom. The molecule has 0 fully saturated rings. The highest BCUT2D eigenvalue weighted by atomic mass is 16.1. The van der Waals surface area contributed by atoms with Crippen molar-refractivity contribution in [3.8, 4) is 11.1 Å². The summed E-state index contributed by atoms with van der Waals surface area (Å²) in [6, 6.07) is 18.4. The molecule has 0 saturated heterocycles. The summed E-state index contributed by atoms with van der Waals surface area (Å²) in [4.78, 5) is 14.2. The molecule has 120 valence electrons. The lowest BCUT2D eigenvalue weighted by molar-refractivity contribution is 0.402. The molecule has 0 aliphatic heterocycles. The first kappa shape index (κ1) is 14.7. The molecule has 0 aliphatic carbocycles. The lowest BCUT2D eigenvalue weighted by atomic mass is 10.00. The SMILES string of the molecule is CN(C)Cc1ccc(-c2cc3n[nH]c(=O)n3c3ccccc23)cc1. The average Bonchev–Trinajstić information content (AvgIpc) is 2.96. The van der Waals surface area contributed by atoms with Gasteiger partial charge in [0.25, 0.3) is 0 Å². The molecule has 24 heavy (non-hydrogen) atoms. The fourth-order valence-electron chi connectivity index (χ4n) is 3.14. The predicted molar refractivity (Wildman–Crippen MR) is 96.1 cm³/mol. The molecular weight excluding hydrogens is 300 g/mol. The maximum Gasteiger partial charge on any atom is 0.348 e. The zero-order valence-electron chi connectivity index (χ0n) is 13.7. The first-order valence-electron chi connectivity index (χ1n) is 7.86. The smallest absolute Gasteiger partial charge is 0.305 e. The summed E-state index contributed by atoms with van der Waals surface area (Å²) in [5.74, 6) is 0. The van der Waals surface area contributed by atoms with Crippen molar-refractivity contribution >= 4 is 16.6 Å². The van der Waals surface area contributed by atoms with Crippen LogP contribution in [0.4, 0.5) is 0 Å². The summed E-state index contributed by atoms with van der Waals surface area (Å²) in [7, 11) is 4.12. The Bertz CT molecular complexity index is 1070. The van der Waals surface area contributed by atoms with Crippen molar-refractivity contribution in [2.45, 2.75) is 6.54 Å². The van der Waals surface area contributed by atoms with Gasteiger partial charge in [0.15, 0.2) is 5.65 Å². The van der Waals surface area contributed by atoms with Gasteiger partial charge in [-0.15, -0.1) is 0 Å². The molecule has 0 saturated carbocycles. The third kappa shape index (κ3) is 2.39. The van der Waals surface area contributed by atoms with Crippen LogP contribution in [0.5, 0.6) is 0 Å². The molecule has 2 aromatic carbocycles. The van der Waals surface area contributed by atoms with Crippen LogP contribution in [0.3, 0.4) is 0 Å². The third-order valence-corrected chi connectivity index (χ3v) is 4.17. The third-order valence-electron chi connectivity index (χ3n) is 4.17. The Balaban J connectivity index is 1.94. The monoisotopic (exact) mass is 318 g/mol. The maximum atomic E-state index is 12.0. The van der Waals surface area contributed by atoms with Crippen LogP contribution >= 0.6 is 0 Å². The van der Waals surface area contributed by atoms with Gasteiger partial charge in [-0.05, 0) is 42.9 Å². The van der Waals surface area contributed by atoms with Crippen LogP contribution in [0.15, 0.2) is 59.4 Å². The van der Waals surface area contributed by atoms with Gasteiger partial charge >= 0.3 is 5.69 Å². The van der Waals surface area contributed by atoms with Crippen molar-refractivity contribution in [2.24, 2.45) is 0 Å². The second-order valence-electron chi connectivity index (χ2n) is 6.23. The molecular formula is C19H18N4O. The van der Waals surface area contributed by atoms with Gasteiger partial charge in [-0.2, -0.15) is 5.10 Å². The number of fused-ring (bicyclic) bond motifs is 3. The number of aromatic amines is 1. The lowest BCUT2D eigenvalue weighted by Crippen LogP contribution is -2.10. The number of hydrogen-bond donors (Lipinski definition) is 1. The minimum atomic E-state index is -0.214. The van der Waals surface area contributed by atoms with Crippen LogP contribution in [-0.2, 0) is 6.54 Å². The molecule has 0 spiro atoms. The Morgan fingerprint density at radius 3 is 2.58 bits per heavy atom. The second kappa shape index (κ2) is 5.62. The van der Waals surface area contributed by atoms with Crippen molar-refractivity contribution in [1.29, 1.82) is 0 Å². The van der Waals surface area contributed by atoms with E-state index in [1.165, 1.54) is 5.56 Å². The molecule has 2 aromatic heterocycles. The van der Waals surface area contributed by atoms with Gasteiger partial charge in [0.2, 0.25) is 0 Å². The zero-order valence-corrected chi connectivity index (χ0v) is 13.7. The van der Waals surface area contributed by atoms with E-state index in [1.54, 1.807) is 4.40 Å². The molecule has 0 aliphatic rings. The average molecular weight is 318 g/mol. The van der Waals surface area contributed by atoms with Gasteiger partial charge in [-0.3, -0.25) is 0 Å². The molecule has 0 bridgehead atoms. The highest BCUT2D eigenvalue weighted by molar-refractivity contribution is 5.97. The number of para-hydroxylation sites is 1. The van der Waals surface area contributed by atoms with E-state index >= 15 is 0 Å². The van der Waals surface area contributed by atoms with Crippen LogP contribution in [0.25, 0.3) is 27.7 Å². The summed E-state index contributed by atoms with van der Waals surface area (Å²) in [6.45, 7) is 0.912. The van der Waals surface area contributed by atoms with Gasteiger partial charge in [0.05, 0.1) is 5.52 Å². The molecule has 0 amide bonds. The highest BCUT2D eigenvalue weighted by Gasteiger charge is 2.11. The Morgan fingerprint density at radius 1 is 1.08 bits per heavy atom. The molecule has 0 atom stereocenters. The lowest BCUT2D eigenvalue weighted by Gasteiger charge is -2.12. The molecule has 2 heterocycles. The van der Waals surface area contributed by atoms with Crippen LogP contribution in [0, 0.1) is 0 Å². The van der Waals surface area contributed by atoms with E-state index in [0.717, 1.165) is 28.6 Å². The van der Waals surface area contributed by atoms with E-state index in [4.69, 9.17) is 0 Å². The first-order valence-corrected chi connectivity index (χ1v) is 7.86. The van der Waals surface area contributed by atoms with Crippen molar-refractivity contribution in [1.82, 2.24) is 19.5 Å². The topological polar surface area (TPSA) is 53.4 Å². The summed E-state index contributed by atoms with van der Waals surface area (Å²) < 4.78 is 1.61. The number of benzene rings is 2. The Hall–Kier alpha value is -2.92. The van der Waals surface area contributed by atoms with E-state index in [1.807, 2.05) is 30.3 Å².